The Kier molecular flexibility index (Phi) is 4.37. The van der Waals surface area contributed by atoms with Gasteiger partial charge in [0.15, 0.2) is 11.6 Å². The molecule has 0 saturated carbocycles. The van der Waals surface area contributed by atoms with Gasteiger partial charge in [0.2, 0.25) is 0 Å². The van der Waals surface area contributed by atoms with E-state index in [1.807, 2.05) is 0 Å². The molecule has 1 aromatic carbocycles. The number of nitrogens with zero attached hydrogens (tertiary/aromatic N) is 2. The van der Waals surface area contributed by atoms with Gasteiger partial charge in [0.25, 0.3) is 5.91 Å². The molecule has 0 fully saturated rings. The summed E-state index contributed by atoms with van der Waals surface area (Å²) < 4.78 is 19.3. The molecule has 0 aliphatic heterocycles. The molecule has 2 aromatic rings. The molecule has 1 amide bonds. The Bertz CT molecular complexity index is 661. The fourth-order valence-corrected chi connectivity index (χ4v) is 1.90. The molecule has 0 atom stereocenters. The summed E-state index contributed by atoms with van der Waals surface area (Å²) in [5.74, 6) is -0.461. The first kappa shape index (κ1) is 14.8. The van der Waals surface area contributed by atoms with Crippen LogP contribution in [0.3, 0.4) is 0 Å². The van der Waals surface area contributed by atoms with Gasteiger partial charge in [-0.1, -0.05) is 6.07 Å². The standard InChI is InChI=1S/C15H16FN3O2/c1-17-14-13(16)12(7-8-18-14)15(20)19(2)10-5-4-6-11(9-10)21-3/h4-9H,1-3H3,(H,17,18). The third-order valence-corrected chi connectivity index (χ3v) is 3.10. The quantitative estimate of drug-likeness (QED) is 0.940. The molecule has 0 aliphatic carbocycles. The van der Waals surface area contributed by atoms with Gasteiger partial charge in [-0.05, 0) is 18.2 Å². The zero-order chi connectivity index (χ0) is 15.4. The number of hydrogen-bond donors (Lipinski definition) is 1. The Hall–Kier alpha value is -2.63. The number of methoxy groups -OCH3 is 1. The summed E-state index contributed by atoms with van der Waals surface area (Å²) >= 11 is 0. The number of anilines is 2. The number of amides is 1. The van der Waals surface area contributed by atoms with Gasteiger partial charge < -0.3 is 15.0 Å². The number of hydrogen-bond acceptors (Lipinski definition) is 4. The Labute approximate surface area is 122 Å². The van der Waals surface area contributed by atoms with E-state index in [9.17, 15) is 9.18 Å². The van der Waals surface area contributed by atoms with E-state index < -0.39 is 11.7 Å². The number of ether oxygens (including phenoxy) is 1. The maximum Gasteiger partial charge on any atom is 0.261 e. The van der Waals surface area contributed by atoms with E-state index in [1.165, 1.54) is 17.2 Å². The molecule has 0 bridgehead atoms. The van der Waals surface area contributed by atoms with E-state index in [4.69, 9.17) is 4.74 Å². The number of halogens is 1. The predicted molar refractivity (Wildman–Crippen MR) is 79.5 cm³/mol. The fraction of sp³-hybridized carbons (Fsp3) is 0.200. The highest BCUT2D eigenvalue weighted by molar-refractivity contribution is 6.06. The van der Waals surface area contributed by atoms with Crippen molar-refractivity contribution in [1.82, 2.24) is 4.98 Å². The molecule has 1 aromatic heterocycles. The highest BCUT2D eigenvalue weighted by atomic mass is 19.1. The molecule has 0 saturated heterocycles. The lowest BCUT2D eigenvalue weighted by atomic mass is 10.2. The lowest BCUT2D eigenvalue weighted by molar-refractivity contribution is 0.0989. The number of rotatable bonds is 4. The molecular formula is C15H16FN3O2. The van der Waals surface area contributed by atoms with Crippen LogP contribution in [0.5, 0.6) is 5.75 Å². The molecule has 1 heterocycles. The van der Waals surface area contributed by atoms with Gasteiger partial charge in [0, 0.05) is 32.0 Å². The van der Waals surface area contributed by atoms with Crippen molar-refractivity contribution in [3.63, 3.8) is 0 Å². The normalized spacial score (nSPS) is 10.1. The van der Waals surface area contributed by atoms with E-state index in [0.717, 1.165) is 0 Å². The minimum Gasteiger partial charge on any atom is -0.497 e. The van der Waals surface area contributed by atoms with Crippen LogP contribution in [-0.2, 0) is 0 Å². The molecule has 0 unspecified atom stereocenters. The first-order chi connectivity index (χ1) is 10.1. The summed E-state index contributed by atoms with van der Waals surface area (Å²) in [5, 5.41) is 2.61. The van der Waals surface area contributed by atoms with Crippen molar-refractivity contribution in [3.8, 4) is 5.75 Å². The largest absolute Gasteiger partial charge is 0.497 e. The maximum atomic E-state index is 14.1. The van der Waals surface area contributed by atoms with Crippen LogP contribution in [0.15, 0.2) is 36.5 Å². The molecule has 6 heteroatoms. The molecular weight excluding hydrogens is 273 g/mol. The molecule has 21 heavy (non-hydrogen) atoms. The van der Waals surface area contributed by atoms with Crippen molar-refractivity contribution in [1.29, 1.82) is 0 Å². The minimum absolute atomic E-state index is 0.0416. The number of carbonyl (C=O) groups is 1. The fourth-order valence-electron chi connectivity index (χ4n) is 1.90. The average Bonchev–Trinajstić information content (AvgIpc) is 2.53. The van der Waals surface area contributed by atoms with Crippen LogP contribution in [0, 0.1) is 5.82 Å². The molecule has 5 nitrogen and oxygen atoms in total. The molecule has 0 radical (unpaired) electrons. The number of aromatic nitrogens is 1. The third kappa shape index (κ3) is 2.94. The lowest BCUT2D eigenvalue weighted by Crippen LogP contribution is -2.27. The van der Waals surface area contributed by atoms with Crippen LogP contribution in [0.4, 0.5) is 15.9 Å². The van der Waals surface area contributed by atoms with Gasteiger partial charge in [-0.15, -0.1) is 0 Å². The van der Waals surface area contributed by atoms with Crippen LogP contribution in [0.2, 0.25) is 0 Å². The summed E-state index contributed by atoms with van der Waals surface area (Å²) in [6.07, 6.45) is 1.39. The van der Waals surface area contributed by atoms with Gasteiger partial charge in [-0.2, -0.15) is 0 Å². The third-order valence-electron chi connectivity index (χ3n) is 3.10. The first-order valence-corrected chi connectivity index (χ1v) is 6.33. The minimum atomic E-state index is -0.667. The monoisotopic (exact) mass is 289 g/mol. The Morgan fingerprint density at radius 3 is 2.81 bits per heavy atom. The highest BCUT2D eigenvalue weighted by Gasteiger charge is 2.20. The van der Waals surface area contributed by atoms with Crippen molar-refractivity contribution in [2.45, 2.75) is 0 Å². The summed E-state index contributed by atoms with van der Waals surface area (Å²) in [7, 11) is 4.67. The van der Waals surface area contributed by atoms with Crippen molar-refractivity contribution in [3.05, 3.63) is 47.9 Å². The van der Waals surface area contributed by atoms with Gasteiger partial charge in [-0.3, -0.25) is 4.79 Å². The lowest BCUT2D eigenvalue weighted by Gasteiger charge is -2.18. The Balaban J connectivity index is 2.35. The van der Waals surface area contributed by atoms with E-state index in [2.05, 4.69) is 10.3 Å². The van der Waals surface area contributed by atoms with Gasteiger partial charge in [-0.25, -0.2) is 9.37 Å². The first-order valence-electron chi connectivity index (χ1n) is 6.33. The van der Waals surface area contributed by atoms with E-state index in [0.29, 0.717) is 11.4 Å². The predicted octanol–water partition coefficient (Wildman–Crippen LogP) is 2.55. The van der Waals surface area contributed by atoms with Gasteiger partial charge >= 0.3 is 0 Å². The van der Waals surface area contributed by atoms with Crippen LogP contribution in [-0.4, -0.2) is 32.1 Å². The topological polar surface area (TPSA) is 54.5 Å². The molecule has 1 N–H and O–H groups in total. The van der Waals surface area contributed by atoms with Crippen LogP contribution >= 0.6 is 0 Å². The van der Waals surface area contributed by atoms with Crippen molar-refractivity contribution >= 4 is 17.4 Å². The highest BCUT2D eigenvalue weighted by Crippen LogP contribution is 2.23. The van der Waals surface area contributed by atoms with E-state index in [1.54, 1.807) is 45.5 Å². The molecule has 0 aliphatic rings. The summed E-state index contributed by atoms with van der Waals surface area (Å²) in [6.45, 7) is 0. The van der Waals surface area contributed by atoms with Crippen molar-refractivity contribution < 1.29 is 13.9 Å². The maximum absolute atomic E-state index is 14.1. The summed E-state index contributed by atoms with van der Waals surface area (Å²) in [6, 6.07) is 8.34. The zero-order valence-corrected chi connectivity index (χ0v) is 12.1. The SMILES string of the molecule is CNc1nccc(C(=O)N(C)c2cccc(OC)c2)c1F. The van der Waals surface area contributed by atoms with Crippen LogP contribution in [0.25, 0.3) is 0 Å². The number of nitrogens with one attached hydrogen (secondary N) is 1. The molecule has 2 rings (SSSR count). The molecule has 110 valence electrons. The number of benzene rings is 1. The summed E-state index contributed by atoms with van der Waals surface area (Å²) in [4.78, 5) is 17.6. The second kappa shape index (κ2) is 6.21. The Morgan fingerprint density at radius 2 is 2.14 bits per heavy atom. The van der Waals surface area contributed by atoms with E-state index >= 15 is 0 Å². The second-order valence-corrected chi connectivity index (χ2v) is 4.34. The number of pyridine rings is 1. The average molecular weight is 289 g/mol. The van der Waals surface area contributed by atoms with Crippen molar-refractivity contribution in [2.75, 3.05) is 31.4 Å². The van der Waals surface area contributed by atoms with Gasteiger partial charge in [0.05, 0.1) is 12.7 Å². The Morgan fingerprint density at radius 1 is 1.38 bits per heavy atom. The van der Waals surface area contributed by atoms with Crippen molar-refractivity contribution in [2.24, 2.45) is 0 Å². The summed E-state index contributed by atoms with van der Waals surface area (Å²) in [5.41, 5.74) is 0.571. The van der Waals surface area contributed by atoms with Gasteiger partial charge in [0.1, 0.15) is 5.75 Å². The smallest absolute Gasteiger partial charge is 0.261 e. The number of carbonyl (C=O) groups excluding carboxylic acids is 1. The van der Waals surface area contributed by atoms with Crippen LogP contribution < -0.4 is 15.0 Å². The second-order valence-electron chi connectivity index (χ2n) is 4.34. The van der Waals surface area contributed by atoms with Crippen LogP contribution in [0.1, 0.15) is 10.4 Å². The zero-order valence-electron chi connectivity index (χ0n) is 12.1. The van der Waals surface area contributed by atoms with E-state index in [-0.39, 0.29) is 11.4 Å². The molecule has 0 spiro atoms.